The Bertz CT molecular complexity index is 596. The van der Waals surface area contributed by atoms with Crippen LogP contribution < -0.4 is 10.5 Å². The molecule has 0 aliphatic rings. The van der Waals surface area contributed by atoms with Gasteiger partial charge < -0.3 is 10.5 Å². The molecule has 1 atom stereocenters. The number of ether oxygens (including phenoxy) is 1. The van der Waals surface area contributed by atoms with E-state index in [1.807, 2.05) is 0 Å². The number of hydrogen-bond donors (Lipinski definition) is 1. The van der Waals surface area contributed by atoms with Gasteiger partial charge in [-0.25, -0.2) is 13.2 Å². The molecule has 2 N–H and O–H groups in total. The molecule has 0 aliphatic heterocycles. The smallest absolute Gasteiger partial charge is 0.165 e. The van der Waals surface area contributed by atoms with Crippen molar-refractivity contribution in [2.24, 2.45) is 5.73 Å². The van der Waals surface area contributed by atoms with Gasteiger partial charge in [0.15, 0.2) is 11.6 Å². The van der Waals surface area contributed by atoms with Gasteiger partial charge >= 0.3 is 0 Å². The maximum Gasteiger partial charge on any atom is 0.165 e. The maximum atomic E-state index is 13.6. The first-order valence-corrected chi connectivity index (χ1v) is 6.05. The van der Waals surface area contributed by atoms with E-state index in [0.717, 1.165) is 12.1 Å². The lowest BCUT2D eigenvalue weighted by molar-refractivity contribution is 0.386. The van der Waals surface area contributed by atoms with Crippen molar-refractivity contribution in [1.82, 2.24) is 0 Å². The van der Waals surface area contributed by atoms with Crippen molar-refractivity contribution in [3.8, 4) is 5.75 Å². The van der Waals surface area contributed by atoms with Gasteiger partial charge in [0.25, 0.3) is 0 Å². The highest BCUT2D eigenvalue weighted by atomic mass is 19.1. The van der Waals surface area contributed by atoms with Crippen LogP contribution in [0.3, 0.4) is 0 Å². The van der Waals surface area contributed by atoms with Crippen LogP contribution in [0.5, 0.6) is 5.75 Å². The van der Waals surface area contributed by atoms with Crippen LogP contribution in [0.15, 0.2) is 36.4 Å². The van der Waals surface area contributed by atoms with Gasteiger partial charge in [-0.05, 0) is 36.2 Å². The van der Waals surface area contributed by atoms with E-state index < -0.39 is 23.5 Å². The van der Waals surface area contributed by atoms with Crippen molar-refractivity contribution >= 4 is 0 Å². The number of halogens is 3. The molecule has 106 valence electrons. The summed E-state index contributed by atoms with van der Waals surface area (Å²) in [5.74, 6) is -1.83. The molecule has 1 unspecified atom stereocenters. The molecule has 2 aromatic carbocycles. The zero-order chi connectivity index (χ0) is 14.7. The molecule has 0 fully saturated rings. The Labute approximate surface area is 115 Å². The molecule has 0 radical (unpaired) electrons. The minimum absolute atomic E-state index is 0.111. The molecule has 0 saturated heterocycles. The van der Waals surface area contributed by atoms with E-state index in [2.05, 4.69) is 0 Å². The van der Waals surface area contributed by atoms with Crippen molar-refractivity contribution in [3.63, 3.8) is 0 Å². The molecule has 0 spiro atoms. The van der Waals surface area contributed by atoms with Crippen molar-refractivity contribution in [1.29, 1.82) is 0 Å². The Morgan fingerprint density at radius 1 is 1.05 bits per heavy atom. The van der Waals surface area contributed by atoms with Gasteiger partial charge in [0.05, 0.1) is 7.11 Å². The summed E-state index contributed by atoms with van der Waals surface area (Å²) >= 11 is 0. The number of hydrogen-bond acceptors (Lipinski definition) is 2. The molecule has 0 amide bonds. The number of benzene rings is 2. The average Bonchev–Trinajstić information content (AvgIpc) is 2.38. The van der Waals surface area contributed by atoms with E-state index in [-0.39, 0.29) is 17.7 Å². The normalized spacial score (nSPS) is 12.2. The van der Waals surface area contributed by atoms with E-state index in [1.54, 1.807) is 6.07 Å². The van der Waals surface area contributed by atoms with Crippen LogP contribution in [-0.4, -0.2) is 7.11 Å². The van der Waals surface area contributed by atoms with Crippen LogP contribution in [0.25, 0.3) is 0 Å². The summed E-state index contributed by atoms with van der Waals surface area (Å²) in [6, 6.07) is 6.99. The van der Waals surface area contributed by atoms with Crippen LogP contribution in [-0.2, 0) is 6.42 Å². The van der Waals surface area contributed by atoms with Crippen LogP contribution in [0.4, 0.5) is 13.2 Å². The molecule has 20 heavy (non-hydrogen) atoms. The molecule has 0 aliphatic carbocycles. The van der Waals surface area contributed by atoms with Crippen molar-refractivity contribution in [2.75, 3.05) is 7.11 Å². The van der Waals surface area contributed by atoms with Gasteiger partial charge in [-0.15, -0.1) is 0 Å². The fourth-order valence-corrected chi connectivity index (χ4v) is 2.06. The molecule has 2 rings (SSSR count). The Hall–Kier alpha value is -2.01. The molecule has 2 aromatic rings. The van der Waals surface area contributed by atoms with Crippen LogP contribution in [0, 0.1) is 17.5 Å². The van der Waals surface area contributed by atoms with E-state index >= 15 is 0 Å². The topological polar surface area (TPSA) is 35.2 Å². The van der Waals surface area contributed by atoms with Gasteiger partial charge in [0.1, 0.15) is 11.6 Å². The Kier molecular flexibility index (Phi) is 4.29. The first kappa shape index (κ1) is 14.4. The van der Waals surface area contributed by atoms with Crippen molar-refractivity contribution in [3.05, 3.63) is 65.0 Å². The quantitative estimate of drug-likeness (QED) is 0.932. The second-order valence-electron chi connectivity index (χ2n) is 4.41. The highest BCUT2D eigenvalue weighted by molar-refractivity contribution is 5.31. The predicted octanol–water partition coefficient (Wildman–Crippen LogP) is 3.36. The SMILES string of the molecule is COc1ccc(CC(N)c2c(F)cccc2F)cc1F. The summed E-state index contributed by atoms with van der Waals surface area (Å²) in [4.78, 5) is 0. The first-order chi connectivity index (χ1) is 9.52. The lowest BCUT2D eigenvalue weighted by Gasteiger charge is -2.14. The molecular formula is C15H14F3NO. The summed E-state index contributed by atoms with van der Waals surface area (Å²) in [6.45, 7) is 0. The third-order valence-corrected chi connectivity index (χ3v) is 3.04. The average molecular weight is 281 g/mol. The molecule has 0 aromatic heterocycles. The molecule has 5 heteroatoms. The number of methoxy groups -OCH3 is 1. The molecular weight excluding hydrogens is 267 g/mol. The van der Waals surface area contributed by atoms with E-state index in [9.17, 15) is 13.2 Å². The Balaban J connectivity index is 2.23. The van der Waals surface area contributed by atoms with Crippen molar-refractivity contribution in [2.45, 2.75) is 12.5 Å². The highest BCUT2D eigenvalue weighted by Gasteiger charge is 2.17. The third-order valence-electron chi connectivity index (χ3n) is 3.04. The maximum absolute atomic E-state index is 13.6. The molecule has 0 heterocycles. The predicted molar refractivity (Wildman–Crippen MR) is 69.9 cm³/mol. The summed E-state index contributed by atoms with van der Waals surface area (Å²) in [6.07, 6.45) is 0.124. The van der Waals surface area contributed by atoms with Crippen LogP contribution in [0.1, 0.15) is 17.2 Å². The number of nitrogens with two attached hydrogens (primary N) is 1. The van der Waals surface area contributed by atoms with Gasteiger partial charge in [-0.2, -0.15) is 0 Å². The minimum atomic E-state index is -0.885. The zero-order valence-corrected chi connectivity index (χ0v) is 10.9. The third kappa shape index (κ3) is 2.93. The molecule has 0 saturated carbocycles. The largest absolute Gasteiger partial charge is 0.494 e. The highest BCUT2D eigenvalue weighted by Crippen LogP contribution is 2.24. The lowest BCUT2D eigenvalue weighted by Crippen LogP contribution is -2.17. The van der Waals surface area contributed by atoms with Crippen LogP contribution in [0.2, 0.25) is 0 Å². The lowest BCUT2D eigenvalue weighted by atomic mass is 9.98. The van der Waals surface area contributed by atoms with Crippen molar-refractivity contribution < 1.29 is 17.9 Å². The fraction of sp³-hybridized carbons (Fsp3) is 0.200. The number of rotatable bonds is 4. The minimum Gasteiger partial charge on any atom is -0.494 e. The summed E-state index contributed by atoms with van der Waals surface area (Å²) in [7, 11) is 1.36. The van der Waals surface area contributed by atoms with Crippen LogP contribution >= 0.6 is 0 Å². The summed E-state index contributed by atoms with van der Waals surface area (Å²) in [5, 5.41) is 0. The molecule has 0 bridgehead atoms. The van der Waals surface area contributed by atoms with Gasteiger partial charge in [-0.1, -0.05) is 12.1 Å². The summed E-state index contributed by atoms with van der Waals surface area (Å²) < 4.78 is 45.5. The van der Waals surface area contributed by atoms with Gasteiger partial charge in [0, 0.05) is 11.6 Å². The Morgan fingerprint density at radius 3 is 2.25 bits per heavy atom. The standard InChI is InChI=1S/C15H14F3NO/c1-20-14-6-5-9(7-12(14)18)8-13(19)15-10(16)3-2-4-11(15)17/h2-7,13H,8,19H2,1H3. The monoisotopic (exact) mass is 281 g/mol. The van der Waals surface area contributed by atoms with Gasteiger partial charge in [0.2, 0.25) is 0 Å². The van der Waals surface area contributed by atoms with Gasteiger partial charge in [-0.3, -0.25) is 0 Å². The second kappa shape index (κ2) is 5.96. The summed E-state index contributed by atoms with van der Waals surface area (Å²) in [5.41, 5.74) is 6.16. The van der Waals surface area contributed by atoms with E-state index in [1.165, 1.54) is 25.3 Å². The van der Waals surface area contributed by atoms with E-state index in [4.69, 9.17) is 10.5 Å². The first-order valence-electron chi connectivity index (χ1n) is 6.05. The second-order valence-corrected chi connectivity index (χ2v) is 4.41. The van der Waals surface area contributed by atoms with E-state index in [0.29, 0.717) is 5.56 Å². The zero-order valence-electron chi connectivity index (χ0n) is 10.9. The molecule has 2 nitrogen and oxygen atoms in total. The fourth-order valence-electron chi connectivity index (χ4n) is 2.06. The Morgan fingerprint density at radius 2 is 1.70 bits per heavy atom.